The SMILES string of the molecule is CC(C)n1ncc(Br)c1C1=CC(O)CC(C)(C)C1. The number of aliphatic hydroxyl groups is 1. The lowest BCUT2D eigenvalue weighted by Gasteiger charge is -2.33. The van der Waals surface area contributed by atoms with E-state index in [0.717, 1.165) is 23.0 Å². The van der Waals surface area contributed by atoms with Crippen molar-refractivity contribution in [3.05, 3.63) is 22.4 Å². The molecule has 0 fully saturated rings. The lowest BCUT2D eigenvalue weighted by molar-refractivity contribution is 0.146. The highest BCUT2D eigenvalue weighted by Crippen LogP contribution is 2.41. The molecule has 100 valence electrons. The van der Waals surface area contributed by atoms with E-state index >= 15 is 0 Å². The minimum Gasteiger partial charge on any atom is -0.389 e. The second-order valence-corrected chi connectivity index (χ2v) is 7.04. The van der Waals surface area contributed by atoms with Crippen LogP contribution in [-0.4, -0.2) is 21.0 Å². The summed E-state index contributed by atoms with van der Waals surface area (Å²) in [5.74, 6) is 0. The van der Waals surface area contributed by atoms with E-state index in [1.807, 2.05) is 17.0 Å². The van der Waals surface area contributed by atoms with Gasteiger partial charge in [-0.2, -0.15) is 5.10 Å². The Balaban J connectivity index is 2.45. The first-order valence-electron chi connectivity index (χ1n) is 6.42. The van der Waals surface area contributed by atoms with E-state index in [1.54, 1.807) is 0 Å². The Kier molecular flexibility index (Phi) is 3.70. The Labute approximate surface area is 117 Å². The van der Waals surface area contributed by atoms with E-state index in [-0.39, 0.29) is 11.5 Å². The fourth-order valence-corrected chi connectivity index (χ4v) is 3.23. The van der Waals surface area contributed by atoms with Gasteiger partial charge < -0.3 is 5.11 Å². The first kappa shape index (κ1) is 13.8. The van der Waals surface area contributed by atoms with Crippen LogP contribution < -0.4 is 0 Å². The van der Waals surface area contributed by atoms with Gasteiger partial charge in [-0.1, -0.05) is 19.9 Å². The van der Waals surface area contributed by atoms with Gasteiger partial charge in [-0.3, -0.25) is 4.68 Å². The van der Waals surface area contributed by atoms with Crippen molar-refractivity contribution in [1.82, 2.24) is 9.78 Å². The van der Waals surface area contributed by atoms with Gasteiger partial charge in [0, 0.05) is 6.04 Å². The highest BCUT2D eigenvalue weighted by Gasteiger charge is 2.30. The van der Waals surface area contributed by atoms with Gasteiger partial charge in [0.15, 0.2) is 0 Å². The van der Waals surface area contributed by atoms with Gasteiger partial charge in [-0.25, -0.2) is 0 Å². The van der Waals surface area contributed by atoms with E-state index < -0.39 is 0 Å². The summed E-state index contributed by atoms with van der Waals surface area (Å²) in [5, 5.41) is 14.4. The first-order chi connectivity index (χ1) is 8.30. The van der Waals surface area contributed by atoms with Crippen LogP contribution in [0.1, 0.15) is 52.3 Å². The zero-order chi connectivity index (χ0) is 13.5. The van der Waals surface area contributed by atoms with Crippen LogP contribution in [0, 0.1) is 5.41 Å². The molecule has 3 nitrogen and oxygen atoms in total. The topological polar surface area (TPSA) is 38.0 Å². The second-order valence-electron chi connectivity index (χ2n) is 6.18. The van der Waals surface area contributed by atoms with Crippen molar-refractivity contribution in [3.8, 4) is 0 Å². The van der Waals surface area contributed by atoms with Crippen LogP contribution in [0.2, 0.25) is 0 Å². The van der Waals surface area contributed by atoms with Crippen molar-refractivity contribution in [2.24, 2.45) is 5.41 Å². The van der Waals surface area contributed by atoms with Crippen LogP contribution in [-0.2, 0) is 0 Å². The van der Waals surface area contributed by atoms with Crippen LogP contribution in [0.5, 0.6) is 0 Å². The van der Waals surface area contributed by atoms with E-state index in [0.29, 0.717) is 6.04 Å². The van der Waals surface area contributed by atoms with Crippen LogP contribution in [0.4, 0.5) is 0 Å². The minimum absolute atomic E-state index is 0.134. The van der Waals surface area contributed by atoms with Crippen molar-refractivity contribution in [2.45, 2.75) is 52.7 Å². The molecule has 1 aliphatic rings. The summed E-state index contributed by atoms with van der Waals surface area (Å²) in [6.07, 6.45) is 5.26. The van der Waals surface area contributed by atoms with Crippen LogP contribution in [0.15, 0.2) is 16.7 Å². The van der Waals surface area contributed by atoms with E-state index in [4.69, 9.17) is 0 Å². The molecule has 0 spiro atoms. The quantitative estimate of drug-likeness (QED) is 0.902. The highest BCUT2D eigenvalue weighted by molar-refractivity contribution is 9.10. The molecule has 4 heteroatoms. The molecule has 0 saturated carbocycles. The molecule has 1 aliphatic carbocycles. The number of hydrogen-bond acceptors (Lipinski definition) is 2. The fraction of sp³-hybridized carbons (Fsp3) is 0.643. The molecule has 1 unspecified atom stereocenters. The van der Waals surface area contributed by atoms with Gasteiger partial charge in [-0.15, -0.1) is 0 Å². The third kappa shape index (κ3) is 2.69. The van der Waals surface area contributed by atoms with Gasteiger partial charge in [-0.05, 0) is 53.6 Å². The summed E-state index contributed by atoms with van der Waals surface area (Å²) < 4.78 is 3.02. The molecule has 1 aromatic heterocycles. The number of aromatic nitrogens is 2. The Morgan fingerprint density at radius 3 is 2.72 bits per heavy atom. The number of hydrogen-bond donors (Lipinski definition) is 1. The molecule has 0 amide bonds. The average molecular weight is 313 g/mol. The van der Waals surface area contributed by atoms with E-state index in [9.17, 15) is 5.11 Å². The van der Waals surface area contributed by atoms with Gasteiger partial charge >= 0.3 is 0 Å². The Morgan fingerprint density at radius 1 is 1.50 bits per heavy atom. The van der Waals surface area contributed by atoms with E-state index in [2.05, 4.69) is 48.7 Å². The molecule has 0 aromatic carbocycles. The van der Waals surface area contributed by atoms with E-state index in [1.165, 1.54) is 5.57 Å². The third-order valence-corrected chi connectivity index (χ3v) is 3.95. The van der Waals surface area contributed by atoms with Crippen molar-refractivity contribution in [2.75, 3.05) is 0 Å². The normalized spacial score (nSPS) is 23.3. The largest absolute Gasteiger partial charge is 0.389 e. The van der Waals surface area contributed by atoms with Gasteiger partial charge in [0.2, 0.25) is 0 Å². The molecule has 0 aliphatic heterocycles. The van der Waals surface area contributed by atoms with Crippen molar-refractivity contribution < 1.29 is 5.11 Å². The highest BCUT2D eigenvalue weighted by atomic mass is 79.9. The number of halogens is 1. The molecular weight excluding hydrogens is 292 g/mol. The molecule has 0 bridgehead atoms. The number of allylic oxidation sites excluding steroid dienone is 1. The molecule has 0 saturated heterocycles. The monoisotopic (exact) mass is 312 g/mol. The Hall–Kier alpha value is -0.610. The molecule has 2 rings (SSSR count). The predicted molar refractivity (Wildman–Crippen MR) is 77.3 cm³/mol. The average Bonchev–Trinajstić information content (AvgIpc) is 2.56. The fourth-order valence-electron chi connectivity index (χ4n) is 2.70. The summed E-state index contributed by atoms with van der Waals surface area (Å²) in [7, 11) is 0. The summed E-state index contributed by atoms with van der Waals surface area (Å²) >= 11 is 3.57. The predicted octanol–water partition coefficient (Wildman–Crippen LogP) is 3.79. The number of aliphatic hydroxyl groups excluding tert-OH is 1. The van der Waals surface area contributed by atoms with Crippen molar-refractivity contribution >= 4 is 21.5 Å². The minimum atomic E-state index is -0.355. The van der Waals surface area contributed by atoms with Crippen LogP contribution >= 0.6 is 15.9 Å². The molecule has 0 radical (unpaired) electrons. The molecular formula is C14H21BrN2O. The van der Waals surface area contributed by atoms with Crippen LogP contribution in [0.3, 0.4) is 0 Å². The zero-order valence-corrected chi connectivity index (χ0v) is 13.0. The zero-order valence-electron chi connectivity index (χ0n) is 11.4. The smallest absolute Gasteiger partial charge is 0.0785 e. The van der Waals surface area contributed by atoms with Gasteiger partial charge in [0.25, 0.3) is 0 Å². The maximum Gasteiger partial charge on any atom is 0.0785 e. The van der Waals surface area contributed by atoms with Crippen molar-refractivity contribution in [1.29, 1.82) is 0 Å². The number of nitrogens with zero attached hydrogens (tertiary/aromatic N) is 2. The first-order valence-corrected chi connectivity index (χ1v) is 7.21. The van der Waals surface area contributed by atoms with Gasteiger partial charge in [0.05, 0.1) is 22.5 Å². The second kappa shape index (κ2) is 4.82. The summed E-state index contributed by atoms with van der Waals surface area (Å²) in [6, 6.07) is 0.314. The molecule has 1 N–H and O–H groups in total. The molecule has 1 aromatic rings. The Morgan fingerprint density at radius 2 is 2.17 bits per heavy atom. The van der Waals surface area contributed by atoms with Crippen molar-refractivity contribution in [3.63, 3.8) is 0 Å². The molecule has 1 heterocycles. The third-order valence-electron chi connectivity index (χ3n) is 3.37. The number of rotatable bonds is 2. The lowest BCUT2D eigenvalue weighted by atomic mass is 9.75. The lowest BCUT2D eigenvalue weighted by Crippen LogP contribution is -2.25. The summed E-state index contributed by atoms with van der Waals surface area (Å²) in [4.78, 5) is 0. The molecule has 18 heavy (non-hydrogen) atoms. The standard InChI is InChI=1S/C14H21BrN2O/c1-9(2)17-13(12(15)8-16-17)10-5-11(18)7-14(3,4)6-10/h5,8-9,11,18H,6-7H2,1-4H3. The van der Waals surface area contributed by atoms with Crippen LogP contribution in [0.25, 0.3) is 5.57 Å². The Bertz CT molecular complexity index is 474. The van der Waals surface area contributed by atoms with Gasteiger partial charge in [0.1, 0.15) is 0 Å². The summed E-state index contributed by atoms with van der Waals surface area (Å²) in [6.45, 7) is 8.64. The maximum absolute atomic E-state index is 10.0. The summed E-state index contributed by atoms with van der Waals surface area (Å²) in [5.41, 5.74) is 2.43. The molecule has 1 atom stereocenters. The maximum atomic E-state index is 10.0.